The predicted octanol–water partition coefficient (Wildman–Crippen LogP) is 1.53. The van der Waals surface area contributed by atoms with E-state index in [1.165, 1.54) is 45.3 Å². The third-order valence-corrected chi connectivity index (χ3v) is 3.73. The van der Waals surface area contributed by atoms with Gasteiger partial charge in [0.05, 0.1) is 0 Å². The van der Waals surface area contributed by atoms with Crippen LogP contribution in [0.4, 0.5) is 0 Å². The van der Waals surface area contributed by atoms with E-state index >= 15 is 0 Å². The lowest BCUT2D eigenvalue weighted by Gasteiger charge is -2.35. The molecule has 0 aromatic carbocycles. The maximum absolute atomic E-state index is 5.94. The summed E-state index contributed by atoms with van der Waals surface area (Å²) in [5.74, 6) is 0. The third kappa shape index (κ3) is 4.04. The molecule has 0 aliphatic carbocycles. The van der Waals surface area contributed by atoms with Gasteiger partial charge in [0.2, 0.25) is 0 Å². The maximum Gasteiger partial charge on any atom is 0.0221 e. The molecule has 1 aliphatic rings. The molecule has 1 aliphatic heterocycles. The van der Waals surface area contributed by atoms with Crippen LogP contribution in [0.15, 0.2) is 0 Å². The Balaban J connectivity index is 2.52. The number of nitrogens with two attached hydrogens (primary N) is 1. The van der Waals surface area contributed by atoms with Gasteiger partial charge in [-0.2, -0.15) is 0 Å². The van der Waals surface area contributed by atoms with Crippen LogP contribution in [0.25, 0.3) is 0 Å². The highest BCUT2D eigenvalue weighted by atomic mass is 15.2. The highest BCUT2D eigenvalue weighted by Crippen LogP contribution is 2.15. The van der Waals surface area contributed by atoms with Gasteiger partial charge < -0.3 is 10.6 Å². The minimum Gasteiger partial charge on any atom is -0.329 e. The highest BCUT2D eigenvalue weighted by Gasteiger charge is 2.25. The first kappa shape index (κ1) is 13.9. The van der Waals surface area contributed by atoms with Crippen LogP contribution in [0.1, 0.15) is 39.5 Å². The van der Waals surface area contributed by atoms with Crippen LogP contribution < -0.4 is 5.73 Å². The smallest absolute Gasteiger partial charge is 0.0221 e. The van der Waals surface area contributed by atoms with Crippen molar-refractivity contribution in [2.75, 3.05) is 33.2 Å². The zero-order valence-electron chi connectivity index (χ0n) is 11.3. The van der Waals surface area contributed by atoms with E-state index in [0.717, 1.165) is 6.54 Å². The van der Waals surface area contributed by atoms with Crippen LogP contribution in [0.3, 0.4) is 0 Å². The summed E-state index contributed by atoms with van der Waals surface area (Å²) in [4.78, 5) is 5.08. The number of nitrogens with zero attached hydrogens (tertiary/aromatic N) is 2. The average Bonchev–Trinajstić information content (AvgIpc) is 2.42. The van der Waals surface area contributed by atoms with Crippen molar-refractivity contribution in [1.29, 1.82) is 0 Å². The number of hydrogen-bond donors (Lipinski definition) is 1. The van der Waals surface area contributed by atoms with E-state index < -0.39 is 0 Å². The fraction of sp³-hybridized carbons (Fsp3) is 1.00. The summed E-state index contributed by atoms with van der Waals surface area (Å²) in [6.07, 6.45) is 5.13. The first-order chi connectivity index (χ1) is 7.69. The monoisotopic (exact) mass is 227 g/mol. The number of unbranched alkanes of at least 4 members (excludes halogenated alkanes) is 1. The van der Waals surface area contributed by atoms with Crippen LogP contribution in [0.2, 0.25) is 0 Å². The first-order valence-electron chi connectivity index (χ1n) is 6.83. The Hall–Kier alpha value is -0.120. The summed E-state index contributed by atoms with van der Waals surface area (Å²) in [5, 5.41) is 0. The second-order valence-electron chi connectivity index (χ2n) is 5.23. The van der Waals surface area contributed by atoms with E-state index in [4.69, 9.17) is 5.73 Å². The maximum atomic E-state index is 5.94. The fourth-order valence-electron chi connectivity index (χ4n) is 2.79. The Morgan fingerprint density at radius 3 is 2.75 bits per heavy atom. The molecule has 1 fully saturated rings. The van der Waals surface area contributed by atoms with E-state index in [1.54, 1.807) is 0 Å². The van der Waals surface area contributed by atoms with Crippen molar-refractivity contribution in [1.82, 2.24) is 9.80 Å². The normalized spacial score (nSPS) is 26.6. The van der Waals surface area contributed by atoms with Crippen molar-refractivity contribution in [2.45, 2.75) is 51.6 Å². The zero-order chi connectivity index (χ0) is 12.0. The second-order valence-corrected chi connectivity index (χ2v) is 5.23. The fourth-order valence-corrected chi connectivity index (χ4v) is 2.79. The SMILES string of the molecule is CCCCC(CN)N1CCCN(C)CC1C. The van der Waals surface area contributed by atoms with Crippen molar-refractivity contribution in [3.63, 3.8) is 0 Å². The molecule has 0 amide bonds. The molecule has 2 atom stereocenters. The van der Waals surface area contributed by atoms with Gasteiger partial charge in [0.25, 0.3) is 0 Å². The molecule has 1 saturated heterocycles. The van der Waals surface area contributed by atoms with Gasteiger partial charge in [-0.3, -0.25) is 4.90 Å². The Bertz CT molecular complexity index is 184. The Morgan fingerprint density at radius 1 is 1.38 bits per heavy atom. The molecule has 1 rings (SSSR count). The molecule has 3 heteroatoms. The number of hydrogen-bond acceptors (Lipinski definition) is 3. The van der Waals surface area contributed by atoms with Gasteiger partial charge in [-0.1, -0.05) is 19.8 Å². The lowest BCUT2D eigenvalue weighted by Crippen LogP contribution is -2.47. The second kappa shape index (κ2) is 7.25. The summed E-state index contributed by atoms with van der Waals surface area (Å²) in [5.41, 5.74) is 5.94. The topological polar surface area (TPSA) is 32.5 Å². The lowest BCUT2D eigenvalue weighted by molar-refractivity contribution is 0.137. The first-order valence-corrected chi connectivity index (χ1v) is 6.83. The molecule has 1 heterocycles. The molecule has 3 nitrogen and oxygen atoms in total. The third-order valence-electron chi connectivity index (χ3n) is 3.73. The van der Waals surface area contributed by atoms with E-state index in [0.29, 0.717) is 12.1 Å². The van der Waals surface area contributed by atoms with Gasteiger partial charge in [0.1, 0.15) is 0 Å². The summed E-state index contributed by atoms with van der Waals surface area (Å²) >= 11 is 0. The largest absolute Gasteiger partial charge is 0.329 e. The minimum absolute atomic E-state index is 0.599. The Kier molecular flexibility index (Phi) is 6.32. The van der Waals surface area contributed by atoms with Crippen LogP contribution in [0.5, 0.6) is 0 Å². The van der Waals surface area contributed by atoms with E-state index in [-0.39, 0.29) is 0 Å². The van der Waals surface area contributed by atoms with Gasteiger partial charge >= 0.3 is 0 Å². The Morgan fingerprint density at radius 2 is 2.12 bits per heavy atom. The van der Waals surface area contributed by atoms with E-state index in [9.17, 15) is 0 Å². The summed E-state index contributed by atoms with van der Waals surface area (Å²) in [6.45, 7) is 9.04. The van der Waals surface area contributed by atoms with Gasteiger partial charge in [0, 0.05) is 31.7 Å². The van der Waals surface area contributed by atoms with Gasteiger partial charge in [-0.15, -0.1) is 0 Å². The molecule has 2 unspecified atom stereocenters. The van der Waals surface area contributed by atoms with Crippen molar-refractivity contribution in [3.05, 3.63) is 0 Å². The number of likely N-dealkylation sites (N-methyl/N-ethyl adjacent to an activating group) is 1. The molecule has 0 saturated carbocycles. The van der Waals surface area contributed by atoms with Crippen molar-refractivity contribution < 1.29 is 0 Å². The van der Waals surface area contributed by atoms with E-state index in [2.05, 4.69) is 30.7 Å². The zero-order valence-corrected chi connectivity index (χ0v) is 11.3. The Labute approximate surface area is 101 Å². The van der Waals surface area contributed by atoms with Crippen molar-refractivity contribution in [3.8, 4) is 0 Å². The molecule has 2 N–H and O–H groups in total. The molecule has 0 spiro atoms. The van der Waals surface area contributed by atoms with Crippen LogP contribution in [-0.4, -0.2) is 55.1 Å². The summed E-state index contributed by atoms with van der Waals surface area (Å²) in [6, 6.07) is 1.25. The van der Waals surface area contributed by atoms with Crippen LogP contribution in [-0.2, 0) is 0 Å². The molecule has 96 valence electrons. The predicted molar refractivity (Wildman–Crippen MR) is 70.6 cm³/mol. The summed E-state index contributed by atoms with van der Waals surface area (Å²) < 4.78 is 0. The van der Waals surface area contributed by atoms with Crippen LogP contribution >= 0.6 is 0 Å². The molecular weight excluding hydrogens is 198 g/mol. The van der Waals surface area contributed by atoms with E-state index in [1.807, 2.05) is 0 Å². The van der Waals surface area contributed by atoms with Crippen molar-refractivity contribution in [2.24, 2.45) is 5.73 Å². The van der Waals surface area contributed by atoms with Gasteiger partial charge in [-0.05, 0) is 33.4 Å². The standard InChI is InChI=1S/C13H29N3/c1-4-5-7-13(10-14)16-9-6-8-15(3)11-12(16)2/h12-13H,4-11,14H2,1-3H3. The van der Waals surface area contributed by atoms with Gasteiger partial charge in [0.15, 0.2) is 0 Å². The molecule has 0 aromatic heterocycles. The minimum atomic E-state index is 0.599. The number of rotatable bonds is 5. The van der Waals surface area contributed by atoms with Crippen molar-refractivity contribution >= 4 is 0 Å². The molecule has 0 aromatic rings. The molecule has 0 bridgehead atoms. The highest BCUT2D eigenvalue weighted by molar-refractivity contribution is 4.82. The lowest BCUT2D eigenvalue weighted by atomic mass is 10.1. The summed E-state index contributed by atoms with van der Waals surface area (Å²) in [7, 11) is 2.23. The van der Waals surface area contributed by atoms with Crippen LogP contribution in [0, 0.1) is 0 Å². The molecule has 16 heavy (non-hydrogen) atoms. The molecule has 0 radical (unpaired) electrons. The molecular formula is C13H29N3. The van der Waals surface area contributed by atoms with Gasteiger partial charge in [-0.25, -0.2) is 0 Å². The average molecular weight is 227 g/mol. The quantitative estimate of drug-likeness (QED) is 0.773.